The molecule has 0 unspecified atom stereocenters. The fraction of sp³-hybridized carbons (Fsp3) is 0.245. The number of para-hydroxylation sites is 2. The quantitative estimate of drug-likeness (QED) is 0.0268. The minimum Gasteiger partial charge on any atom is -0.494 e. The van der Waals surface area contributed by atoms with E-state index in [1.165, 1.54) is 21.8 Å². The second kappa shape index (κ2) is 20.1. The lowest BCUT2D eigenvalue weighted by Crippen LogP contribution is -2.29. The van der Waals surface area contributed by atoms with Crippen LogP contribution in [0.3, 0.4) is 0 Å². The van der Waals surface area contributed by atoms with E-state index in [0.717, 1.165) is 66.2 Å². The number of ether oxygens (including phenoxy) is 2. The zero-order valence-corrected chi connectivity index (χ0v) is 38.0. The topological polar surface area (TPSA) is 121 Å². The molecule has 1 aromatic heterocycles. The maximum absolute atomic E-state index is 12.9. The van der Waals surface area contributed by atoms with Crippen LogP contribution >= 0.6 is 12.2 Å². The minimum absolute atomic E-state index is 0.143. The summed E-state index contributed by atoms with van der Waals surface area (Å²) in [7, 11) is 7.88. The molecule has 0 fully saturated rings. The van der Waals surface area contributed by atoms with Gasteiger partial charge in [0.15, 0.2) is 5.11 Å². The van der Waals surface area contributed by atoms with Crippen LogP contribution in [0.2, 0.25) is 0 Å². The van der Waals surface area contributed by atoms with E-state index in [2.05, 4.69) is 63.7 Å². The molecular formula is C53H54N5O6S+. The van der Waals surface area contributed by atoms with Crippen LogP contribution in [0.5, 0.6) is 5.75 Å². The SMILES string of the molecule is CN(C)c1ccc2c(-c3ccc(NC(=S)NCCCCCCOC(=O)c4cccc(OCCCn5c6ccccc6c6ccccc65)c4)cc3C(=O)O)c3ccc(=[N+](C)C)cc-3oc2c1. The lowest BCUT2D eigenvalue weighted by Gasteiger charge is -2.19. The lowest BCUT2D eigenvalue weighted by atomic mass is 9.90. The Labute approximate surface area is 383 Å². The van der Waals surface area contributed by atoms with Gasteiger partial charge in [0.2, 0.25) is 5.36 Å². The number of hydrogen-bond acceptors (Lipinski definition) is 7. The van der Waals surface area contributed by atoms with Gasteiger partial charge in [-0.05, 0) is 104 Å². The van der Waals surface area contributed by atoms with Crippen molar-refractivity contribution in [2.24, 2.45) is 0 Å². The Hall–Kier alpha value is -7.18. The number of nitrogens with zero attached hydrogens (tertiary/aromatic N) is 3. The van der Waals surface area contributed by atoms with Crippen LogP contribution in [0.25, 0.3) is 55.2 Å². The Morgan fingerprint density at radius 3 is 2.23 bits per heavy atom. The normalized spacial score (nSPS) is 11.3. The molecule has 0 saturated heterocycles. The molecule has 11 nitrogen and oxygen atoms in total. The number of carbonyl (C=O) groups is 2. The van der Waals surface area contributed by atoms with Gasteiger partial charge in [-0.3, -0.25) is 0 Å². The van der Waals surface area contributed by atoms with E-state index in [1.54, 1.807) is 18.2 Å². The predicted molar refractivity (Wildman–Crippen MR) is 266 cm³/mol. The van der Waals surface area contributed by atoms with Gasteiger partial charge in [0, 0.05) is 89.0 Å². The number of aromatic nitrogens is 1. The lowest BCUT2D eigenvalue weighted by molar-refractivity contribution is 0.0496. The minimum atomic E-state index is -1.05. The number of nitrogens with one attached hydrogen (secondary N) is 2. The van der Waals surface area contributed by atoms with E-state index in [4.69, 9.17) is 26.1 Å². The van der Waals surface area contributed by atoms with E-state index in [1.807, 2.05) is 98.3 Å². The van der Waals surface area contributed by atoms with Gasteiger partial charge in [-0.15, -0.1) is 0 Å². The highest BCUT2D eigenvalue weighted by Crippen LogP contribution is 2.42. The number of fused-ring (bicyclic) bond motifs is 5. The summed E-state index contributed by atoms with van der Waals surface area (Å²) in [6.45, 7) is 2.30. The number of aromatic carboxylic acids is 1. The molecule has 0 amide bonds. The van der Waals surface area contributed by atoms with Crippen molar-refractivity contribution >= 4 is 73.4 Å². The average Bonchev–Trinajstić information content (AvgIpc) is 3.63. The number of carboxylic acid groups (broad SMARTS) is 1. The second-order valence-corrected chi connectivity index (χ2v) is 16.9. The number of thiocarbonyl (C=S) groups is 1. The van der Waals surface area contributed by atoms with Crippen LogP contribution in [0.4, 0.5) is 11.4 Å². The van der Waals surface area contributed by atoms with Gasteiger partial charge < -0.3 is 39.1 Å². The maximum Gasteiger partial charge on any atom is 0.338 e. The summed E-state index contributed by atoms with van der Waals surface area (Å²) < 4.78 is 22.4. The summed E-state index contributed by atoms with van der Waals surface area (Å²) in [5, 5.41) is 21.6. The number of anilines is 2. The van der Waals surface area contributed by atoms with Crippen LogP contribution in [-0.2, 0) is 11.3 Å². The van der Waals surface area contributed by atoms with Gasteiger partial charge in [-0.2, -0.15) is 0 Å². The fourth-order valence-corrected chi connectivity index (χ4v) is 8.53. The molecule has 12 heteroatoms. The van der Waals surface area contributed by atoms with Crippen molar-refractivity contribution in [3.63, 3.8) is 0 Å². The summed E-state index contributed by atoms with van der Waals surface area (Å²) in [5.74, 6) is -0.114. The summed E-state index contributed by atoms with van der Waals surface area (Å²) in [6, 6.07) is 41.4. The number of benzene rings is 6. The van der Waals surface area contributed by atoms with Crippen molar-refractivity contribution in [3.8, 4) is 28.2 Å². The number of unbranched alkanes of at least 4 members (excludes halogenated alkanes) is 3. The van der Waals surface area contributed by atoms with Gasteiger partial charge in [0.1, 0.15) is 31.2 Å². The molecule has 1 aliphatic heterocycles. The van der Waals surface area contributed by atoms with Crippen molar-refractivity contribution in [3.05, 3.63) is 144 Å². The van der Waals surface area contributed by atoms with Crippen LogP contribution in [0.15, 0.2) is 132 Å². The van der Waals surface area contributed by atoms with E-state index in [0.29, 0.717) is 58.8 Å². The highest BCUT2D eigenvalue weighted by atomic mass is 32.1. The summed E-state index contributed by atoms with van der Waals surface area (Å²) in [4.78, 5) is 27.7. The molecule has 5 aromatic carbocycles. The van der Waals surface area contributed by atoms with Crippen molar-refractivity contribution in [1.29, 1.82) is 0 Å². The number of carbonyl (C=O) groups excluding carboxylic acids is 1. The third-order valence-corrected chi connectivity index (χ3v) is 11.9. The smallest absolute Gasteiger partial charge is 0.338 e. The Bertz CT molecular complexity index is 3020. The largest absolute Gasteiger partial charge is 0.494 e. The second-order valence-electron chi connectivity index (χ2n) is 16.5. The highest BCUT2D eigenvalue weighted by molar-refractivity contribution is 7.80. The molecule has 0 radical (unpaired) electrons. The number of hydrogen-bond donors (Lipinski definition) is 3. The predicted octanol–water partition coefficient (Wildman–Crippen LogP) is 10.3. The first-order valence-electron chi connectivity index (χ1n) is 22.0. The van der Waals surface area contributed by atoms with Gasteiger partial charge in [0.25, 0.3) is 0 Å². The van der Waals surface area contributed by atoms with Crippen LogP contribution in [0.1, 0.15) is 52.8 Å². The van der Waals surface area contributed by atoms with E-state index in [-0.39, 0.29) is 11.5 Å². The van der Waals surface area contributed by atoms with Crippen molar-refractivity contribution in [2.75, 3.05) is 58.2 Å². The van der Waals surface area contributed by atoms with Crippen LogP contribution in [0, 0.1) is 0 Å². The Kier molecular flexibility index (Phi) is 13.7. The third kappa shape index (κ3) is 10.1. The summed E-state index contributed by atoms with van der Waals surface area (Å²) >= 11 is 5.59. The monoisotopic (exact) mass is 888 g/mol. The average molecular weight is 889 g/mol. The van der Waals surface area contributed by atoms with Gasteiger partial charge in [0.05, 0.1) is 30.4 Å². The maximum atomic E-state index is 12.9. The Morgan fingerprint density at radius 2 is 1.49 bits per heavy atom. The van der Waals surface area contributed by atoms with E-state index >= 15 is 0 Å². The molecule has 6 aromatic rings. The Balaban J connectivity index is 0.786. The van der Waals surface area contributed by atoms with Gasteiger partial charge >= 0.3 is 11.9 Å². The molecular weight excluding hydrogens is 835 g/mol. The van der Waals surface area contributed by atoms with E-state index < -0.39 is 5.97 Å². The Morgan fingerprint density at radius 1 is 0.754 bits per heavy atom. The molecule has 1 aliphatic carbocycles. The van der Waals surface area contributed by atoms with Crippen LogP contribution in [-0.4, -0.2) is 74.7 Å². The molecule has 332 valence electrons. The molecule has 2 heterocycles. The van der Waals surface area contributed by atoms with Crippen LogP contribution < -0.4 is 30.2 Å². The first kappa shape index (κ1) is 44.4. The first-order valence-corrected chi connectivity index (χ1v) is 22.4. The zero-order valence-electron chi connectivity index (χ0n) is 37.2. The molecule has 8 rings (SSSR count). The van der Waals surface area contributed by atoms with Crippen molar-refractivity contribution in [2.45, 2.75) is 38.6 Å². The standard InChI is InChI=1S/C53H53N5O6S/c1-56(2)37-22-25-43-48(33-37)64-49-34-38(57(3)4)23-26-44(49)50(43)42-24-21-36(32-45(42)51(59)60)55-53(65)54-27-11-5-6-12-29-63-52(61)35-15-13-16-39(31-35)62-30-14-28-58-46-19-9-7-17-40(46)41-18-8-10-20-47(41)58/h7-10,13,15-26,31-34H,5-6,11-12,14,27-30H2,1-4H3,(H2,54,59,60,65)/p+1. The van der Waals surface area contributed by atoms with Gasteiger partial charge in [-0.1, -0.05) is 55.0 Å². The number of esters is 1. The molecule has 3 N–H and O–H groups in total. The molecule has 0 saturated carbocycles. The molecule has 0 bridgehead atoms. The number of carboxylic acids is 1. The van der Waals surface area contributed by atoms with Gasteiger partial charge in [-0.25, -0.2) is 14.2 Å². The summed E-state index contributed by atoms with van der Waals surface area (Å²) in [5.41, 5.74) is 7.41. The third-order valence-electron chi connectivity index (χ3n) is 11.6. The molecule has 0 atom stereocenters. The number of aryl methyl sites for hydroxylation is 1. The molecule has 2 aliphatic rings. The number of rotatable bonds is 17. The fourth-order valence-electron chi connectivity index (χ4n) is 8.31. The zero-order chi connectivity index (χ0) is 45.5. The van der Waals surface area contributed by atoms with Crippen molar-refractivity contribution < 1.29 is 28.6 Å². The van der Waals surface area contributed by atoms with Crippen molar-refractivity contribution in [1.82, 2.24) is 14.5 Å². The first-order chi connectivity index (χ1) is 31.5. The van der Waals surface area contributed by atoms with E-state index in [9.17, 15) is 14.7 Å². The molecule has 65 heavy (non-hydrogen) atoms. The molecule has 0 spiro atoms. The highest BCUT2D eigenvalue weighted by Gasteiger charge is 2.23. The summed E-state index contributed by atoms with van der Waals surface area (Å²) in [6.07, 6.45) is 4.22.